The third kappa shape index (κ3) is 4.44. The Balaban J connectivity index is 1.90. The Morgan fingerprint density at radius 1 is 1.11 bits per heavy atom. The van der Waals surface area contributed by atoms with Crippen molar-refractivity contribution in [3.05, 3.63) is 86.7 Å². The summed E-state index contributed by atoms with van der Waals surface area (Å²) in [7, 11) is 0. The number of nitrogens with zero attached hydrogens (tertiary/aromatic N) is 4. The van der Waals surface area contributed by atoms with Gasteiger partial charge in [-0.3, -0.25) is 14.0 Å². The third-order valence-electron chi connectivity index (χ3n) is 6.45. The Labute approximate surface area is 211 Å². The number of pyridine rings is 2. The molecule has 0 radical (unpaired) electrons. The molecule has 1 aliphatic rings. The summed E-state index contributed by atoms with van der Waals surface area (Å²) in [5.41, 5.74) is 1.04. The van der Waals surface area contributed by atoms with E-state index in [9.17, 15) is 14.4 Å². The summed E-state index contributed by atoms with van der Waals surface area (Å²) in [4.78, 5) is 49.1. The predicted octanol–water partition coefficient (Wildman–Crippen LogP) is 4.73. The predicted molar refractivity (Wildman–Crippen MR) is 136 cm³/mol. The van der Waals surface area contributed by atoms with E-state index in [-0.39, 0.29) is 34.6 Å². The minimum absolute atomic E-state index is 0.0556. The van der Waals surface area contributed by atoms with E-state index in [0.29, 0.717) is 21.9 Å². The minimum Gasteiger partial charge on any atom is -0.462 e. The minimum atomic E-state index is -0.654. The van der Waals surface area contributed by atoms with Gasteiger partial charge in [-0.2, -0.15) is 4.99 Å². The molecule has 4 aromatic rings. The molecule has 1 aromatic carbocycles. The first-order valence-electron chi connectivity index (χ1n) is 12.1. The van der Waals surface area contributed by atoms with Gasteiger partial charge in [0.15, 0.2) is 5.49 Å². The normalized spacial score (nSPS) is 14.9. The molecular weight excluding hydrogens is 480 g/mol. The Kier molecular flexibility index (Phi) is 6.69. The largest absolute Gasteiger partial charge is 0.462 e. The number of halogens is 1. The van der Waals surface area contributed by atoms with Crippen LogP contribution in [0.15, 0.2) is 64.5 Å². The fraction of sp³-hybridized carbons (Fsp3) is 0.296. The lowest BCUT2D eigenvalue weighted by Gasteiger charge is -2.27. The molecule has 1 saturated carbocycles. The quantitative estimate of drug-likeness (QED) is 0.296. The summed E-state index contributed by atoms with van der Waals surface area (Å²) < 4.78 is 8.56. The van der Waals surface area contributed by atoms with Crippen LogP contribution in [0.2, 0.25) is 5.02 Å². The Morgan fingerprint density at radius 3 is 2.67 bits per heavy atom. The molecule has 184 valence electrons. The highest BCUT2D eigenvalue weighted by molar-refractivity contribution is 6.31. The molecular formula is C27H25ClN4O4. The van der Waals surface area contributed by atoms with Crippen molar-refractivity contribution in [1.29, 1.82) is 0 Å². The molecule has 36 heavy (non-hydrogen) atoms. The van der Waals surface area contributed by atoms with E-state index in [1.807, 2.05) is 0 Å². The number of ether oxygens (including phenoxy) is 1. The Morgan fingerprint density at radius 2 is 1.92 bits per heavy atom. The second-order valence-corrected chi connectivity index (χ2v) is 9.21. The number of aromatic nitrogens is 3. The van der Waals surface area contributed by atoms with Gasteiger partial charge in [-0.15, -0.1) is 0 Å². The molecule has 1 aliphatic carbocycles. The highest BCUT2D eigenvalue weighted by Crippen LogP contribution is 2.29. The standard InChI is InChI=1S/C27H25ClN4O4/c1-2-36-27(35)21-16-20-23(29-22-13-6-7-14-31(22)26(20)34)32(19-11-4-3-5-12-19)24(21)30-25(33)17-9-8-10-18(28)15-17/h6-10,13-16,19H,2-5,11-12H2,1H3. The number of carbonyl (C=O) groups is 2. The molecule has 1 amide bonds. The van der Waals surface area contributed by atoms with Gasteiger partial charge in [0.25, 0.3) is 11.5 Å². The highest BCUT2D eigenvalue weighted by Gasteiger charge is 2.25. The molecule has 0 aliphatic heterocycles. The lowest BCUT2D eigenvalue weighted by molar-refractivity contribution is 0.0523. The third-order valence-corrected chi connectivity index (χ3v) is 6.68. The van der Waals surface area contributed by atoms with Gasteiger partial charge in [0.05, 0.1) is 12.0 Å². The average molecular weight is 505 g/mol. The molecule has 3 aromatic heterocycles. The second-order valence-electron chi connectivity index (χ2n) is 8.77. The number of rotatable bonds is 4. The highest BCUT2D eigenvalue weighted by atomic mass is 35.5. The topological polar surface area (TPSA) is 95.0 Å². The second kappa shape index (κ2) is 10.1. The van der Waals surface area contributed by atoms with Crippen LogP contribution in [0.5, 0.6) is 0 Å². The van der Waals surface area contributed by atoms with Gasteiger partial charge in [0, 0.05) is 22.8 Å². The van der Waals surface area contributed by atoms with Crippen molar-refractivity contribution >= 4 is 40.2 Å². The van der Waals surface area contributed by atoms with Gasteiger partial charge >= 0.3 is 5.97 Å². The van der Waals surface area contributed by atoms with Gasteiger partial charge in [0.1, 0.15) is 16.9 Å². The van der Waals surface area contributed by atoms with Crippen LogP contribution in [0.1, 0.15) is 65.8 Å². The van der Waals surface area contributed by atoms with Crippen molar-refractivity contribution in [2.45, 2.75) is 45.1 Å². The molecule has 8 nitrogen and oxygen atoms in total. The van der Waals surface area contributed by atoms with E-state index >= 15 is 0 Å². The maximum Gasteiger partial charge on any atom is 0.341 e. The SMILES string of the molecule is CCOC(=O)c1cc2c(=O)n3ccccc3nc2n(C2CCCCC2)c1=NC(=O)c1cccc(Cl)c1. The molecule has 0 unspecified atom stereocenters. The molecule has 5 rings (SSSR count). The molecule has 0 N–H and O–H groups in total. The number of esters is 1. The summed E-state index contributed by atoms with van der Waals surface area (Å²) >= 11 is 6.10. The van der Waals surface area contributed by atoms with Crippen LogP contribution in [-0.4, -0.2) is 32.4 Å². The van der Waals surface area contributed by atoms with Crippen LogP contribution >= 0.6 is 11.6 Å². The number of benzene rings is 1. The zero-order valence-electron chi connectivity index (χ0n) is 19.8. The Bertz CT molecular complexity index is 1620. The molecule has 0 saturated heterocycles. The number of hydrogen-bond acceptors (Lipinski definition) is 5. The van der Waals surface area contributed by atoms with E-state index < -0.39 is 11.9 Å². The maximum atomic E-state index is 13.5. The molecule has 0 spiro atoms. The van der Waals surface area contributed by atoms with Crippen molar-refractivity contribution in [3.63, 3.8) is 0 Å². The lowest BCUT2D eigenvalue weighted by atomic mass is 9.94. The van der Waals surface area contributed by atoms with E-state index in [2.05, 4.69) is 4.99 Å². The monoisotopic (exact) mass is 504 g/mol. The van der Waals surface area contributed by atoms with Crippen LogP contribution in [0, 0.1) is 0 Å². The zero-order chi connectivity index (χ0) is 25.2. The lowest BCUT2D eigenvalue weighted by Crippen LogP contribution is -2.35. The average Bonchev–Trinajstić information content (AvgIpc) is 2.89. The first kappa shape index (κ1) is 23.9. The summed E-state index contributed by atoms with van der Waals surface area (Å²) in [6.07, 6.45) is 6.33. The fourth-order valence-electron chi connectivity index (χ4n) is 4.78. The number of fused-ring (bicyclic) bond motifs is 2. The van der Waals surface area contributed by atoms with Crippen LogP contribution in [0.25, 0.3) is 16.7 Å². The van der Waals surface area contributed by atoms with Crippen molar-refractivity contribution < 1.29 is 14.3 Å². The summed E-state index contributed by atoms with van der Waals surface area (Å²) in [6, 6.07) is 13.2. The molecule has 1 fully saturated rings. The number of amides is 1. The number of hydrogen-bond donors (Lipinski definition) is 0. The molecule has 3 heterocycles. The van der Waals surface area contributed by atoms with Crippen molar-refractivity contribution in [2.24, 2.45) is 4.99 Å². The van der Waals surface area contributed by atoms with Crippen molar-refractivity contribution in [1.82, 2.24) is 14.0 Å². The Hall–Kier alpha value is -3.78. The fourth-order valence-corrected chi connectivity index (χ4v) is 4.97. The van der Waals surface area contributed by atoms with Crippen LogP contribution in [0.4, 0.5) is 0 Å². The summed E-state index contributed by atoms with van der Waals surface area (Å²) in [5, 5.41) is 0.669. The summed E-state index contributed by atoms with van der Waals surface area (Å²) in [6.45, 7) is 1.84. The molecule has 0 bridgehead atoms. The molecule has 0 atom stereocenters. The van der Waals surface area contributed by atoms with Gasteiger partial charge < -0.3 is 9.30 Å². The van der Waals surface area contributed by atoms with Crippen LogP contribution < -0.4 is 11.0 Å². The van der Waals surface area contributed by atoms with Gasteiger partial charge in [-0.05, 0) is 56.2 Å². The first-order chi connectivity index (χ1) is 17.5. The molecule has 9 heteroatoms. The maximum absolute atomic E-state index is 13.5. The first-order valence-corrected chi connectivity index (χ1v) is 12.4. The van der Waals surface area contributed by atoms with E-state index in [1.54, 1.807) is 54.1 Å². The summed E-state index contributed by atoms with van der Waals surface area (Å²) in [5.74, 6) is -1.20. The van der Waals surface area contributed by atoms with Crippen LogP contribution in [-0.2, 0) is 4.74 Å². The van der Waals surface area contributed by atoms with Crippen molar-refractivity contribution in [3.8, 4) is 0 Å². The van der Waals surface area contributed by atoms with E-state index in [4.69, 9.17) is 21.3 Å². The van der Waals surface area contributed by atoms with Crippen LogP contribution in [0.3, 0.4) is 0 Å². The van der Waals surface area contributed by atoms with Gasteiger partial charge in [-0.25, -0.2) is 9.78 Å². The zero-order valence-corrected chi connectivity index (χ0v) is 20.6. The number of carbonyl (C=O) groups excluding carboxylic acids is 2. The van der Waals surface area contributed by atoms with E-state index in [0.717, 1.165) is 32.1 Å². The van der Waals surface area contributed by atoms with Crippen molar-refractivity contribution in [2.75, 3.05) is 6.61 Å². The van der Waals surface area contributed by atoms with E-state index in [1.165, 1.54) is 16.5 Å². The smallest absolute Gasteiger partial charge is 0.341 e. The van der Waals surface area contributed by atoms with Gasteiger partial charge in [0.2, 0.25) is 0 Å². The van der Waals surface area contributed by atoms with Gasteiger partial charge in [-0.1, -0.05) is 43.0 Å².